The van der Waals surface area contributed by atoms with Gasteiger partial charge in [-0.15, -0.1) is 24.0 Å². The summed E-state index contributed by atoms with van der Waals surface area (Å²) in [6, 6.07) is 1.89. The molecule has 0 bridgehead atoms. The standard InChI is InChI=1S/C19H39N5.HI/c1-15(2)23-11-8-18(9-12-23)22-19(20-5)21-13-17-7-6-10-24(14-17)16(3)4;/h15-18H,6-14H2,1-5H3,(H2,20,21,22);1H. The van der Waals surface area contributed by atoms with Gasteiger partial charge >= 0.3 is 0 Å². The number of nitrogens with one attached hydrogen (secondary N) is 2. The van der Waals surface area contributed by atoms with E-state index in [2.05, 4.69) is 53.1 Å². The molecule has 0 spiro atoms. The molecule has 0 radical (unpaired) electrons. The molecular weight excluding hydrogens is 425 g/mol. The van der Waals surface area contributed by atoms with E-state index >= 15 is 0 Å². The van der Waals surface area contributed by atoms with Crippen LogP contribution in [-0.2, 0) is 0 Å². The Kier molecular flexibility index (Phi) is 10.6. The van der Waals surface area contributed by atoms with Crippen molar-refractivity contribution < 1.29 is 0 Å². The van der Waals surface area contributed by atoms with Crippen molar-refractivity contribution in [1.82, 2.24) is 20.4 Å². The second-order valence-corrected chi connectivity index (χ2v) is 8.10. The number of rotatable bonds is 5. The SMILES string of the molecule is CN=C(NCC1CCCN(C(C)C)C1)NC1CCN(C(C)C)CC1.I. The molecule has 25 heavy (non-hydrogen) atoms. The minimum absolute atomic E-state index is 0. The van der Waals surface area contributed by atoms with Crippen LogP contribution in [0.4, 0.5) is 0 Å². The topological polar surface area (TPSA) is 42.9 Å². The van der Waals surface area contributed by atoms with Crippen molar-refractivity contribution in [3.05, 3.63) is 0 Å². The Morgan fingerprint density at radius 2 is 1.64 bits per heavy atom. The van der Waals surface area contributed by atoms with Crippen molar-refractivity contribution in [3.8, 4) is 0 Å². The van der Waals surface area contributed by atoms with E-state index in [9.17, 15) is 0 Å². The van der Waals surface area contributed by atoms with E-state index in [1.807, 2.05) is 7.05 Å². The number of aliphatic imine (C=N–C) groups is 1. The number of likely N-dealkylation sites (tertiary alicyclic amines) is 2. The van der Waals surface area contributed by atoms with Crippen molar-refractivity contribution in [2.24, 2.45) is 10.9 Å². The van der Waals surface area contributed by atoms with Crippen LogP contribution >= 0.6 is 24.0 Å². The highest BCUT2D eigenvalue weighted by molar-refractivity contribution is 14.0. The second kappa shape index (κ2) is 11.6. The fourth-order valence-electron chi connectivity index (χ4n) is 3.92. The maximum atomic E-state index is 4.44. The molecule has 2 heterocycles. The Bertz CT molecular complexity index is 391. The molecule has 1 atom stereocenters. The van der Waals surface area contributed by atoms with Gasteiger partial charge in [-0.1, -0.05) is 0 Å². The van der Waals surface area contributed by atoms with Crippen LogP contribution in [-0.4, -0.2) is 73.7 Å². The minimum Gasteiger partial charge on any atom is -0.356 e. The molecule has 1 unspecified atom stereocenters. The third-order valence-electron chi connectivity index (χ3n) is 5.66. The largest absolute Gasteiger partial charge is 0.356 e. The number of guanidine groups is 1. The van der Waals surface area contributed by atoms with Gasteiger partial charge in [0.25, 0.3) is 0 Å². The van der Waals surface area contributed by atoms with Gasteiger partial charge in [-0.25, -0.2) is 0 Å². The maximum absolute atomic E-state index is 4.44. The van der Waals surface area contributed by atoms with E-state index in [0.717, 1.165) is 18.4 Å². The van der Waals surface area contributed by atoms with Gasteiger partial charge in [-0.3, -0.25) is 4.99 Å². The molecule has 5 nitrogen and oxygen atoms in total. The van der Waals surface area contributed by atoms with Gasteiger partial charge in [0.05, 0.1) is 0 Å². The van der Waals surface area contributed by atoms with Crippen LogP contribution in [0.5, 0.6) is 0 Å². The third kappa shape index (κ3) is 7.59. The smallest absolute Gasteiger partial charge is 0.191 e. The molecule has 0 aromatic heterocycles. The van der Waals surface area contributed by atoms with Crippen LogP contribution in [0.15, 0.2) is 4.99 Å². The minimum atomic E-state index is 0. The highest BCUT2D eigenvalue weighted by Gasteiger charge is 2.23. The fourth-order valence-corrected chi connectivity index (χ4v) is 3.92. The zero-order valence-electron chi connectivity index (χ0n) is 16.9. The number of halogens is 1. The first-order valence-corrected chi connectivity index (χ1v) is 9.95. The monoisotopic (exact) mass is 465 g/mol. The highest BCUT2D eigenvalue weighted by Crippen LogP contribution is 2.18. The maximum Gasteiger partial charge on any atom is 0.191 e. The summed E-state index contributed by atoms with van der Waals surface area (Å²) in [5, 5.41) is 7.22. The summed E-state index contributed by atoms with van der Waals surface area (Å²) in [5.74, 6) is 1.72. The summed E-state index contributed by atoms with van der Waals surface area (Å²) < 4.78 is 0. The quantitative estimate of drug-likeness (QED) is 0.372. The molecule has 2 saturated heterocycles. The van der Waals surface area contributed by atoms with Crippen LogP contribution in [0.25, 0.3) is 0 Å². The first kappa shape index (κ1) is 23.0. The van der Waals surface area contributed by atoms with E-state index in [0.29, 0.717) is 18.1 Å². The number of nitrogens with zero attached hydrogens (tertiary/aromatic N) is 3. The predicted octanol–water partition coefficient (Wildman–Crippen LogP) is 2.76. The lowest BCUT2D eigenvalue weighted by Crippen LogP contribution is -2.51. The van der Waals surface area contributed by atoms with Crippen molar-refractivity contribution in [1.29, 1.82) is 0 Å². The van der Waals surface area contributed by atoms with E-state index in [-0.39, 0.29) is 24.0 Å². The lowest BCUT2D eigenvalue weighted by molar-refractivity contribution is 0.140. The lowest BCUT2D eigenvalue weighted by atomic mass is 9.97. The molecule has 6 heteroatoms. The normalized spacial score (nSPS) is 24.4. The summed E-state index contributed by atoms with van der Waals surface area (Å²) >= 11 is 0. The summed E-state index contributed by atoms with van der Waals surface area (Å²) in [4.78, 5) is 9.61. The first-order valence-electron chi connectivity index (χ1n) is 9.95. The molecule has 2 rings (SSSR count). The molecule has 0 aromatic carbocycles. The average molecular weight is 465 g/mol. The summed E-state index contributed by atoms with van der Waals surface area (Å²) in [6.45, 7) is 15.1. The lowest BCUT2D eigenvalue weighted by Gasteiger charge is -2.37. The van der Waals surface area contributed by atoms with E-state index in [1.54, 1.807) is 0 Å². The molecule has 2 fully saturated rings. The Hall–Kier alpha value is -0.0800. The number of hydrogen-bond donors (Lipinski definition) is 2. The number of hydrogen-bond acceptors (Lipinski definition) is 3. The van der Waals surface area contributed by atoms with Gasteiger partial charge in [0.1, 0.15) is 0 Å². The predicted molar refractivity (Wildman–Crippen MR) is 119 cm³/mol. The zero-order valence-corrected chi connectivity index (χ0v) is 19.3. The van der Waals surface area contributed by atoms with E-state index < -0.39 is 0 Å². The second-order valence-electron chi connectivity index (χ2n) is 8.10. The van der Waals surface area contributed by atoms with E-state index in [4.69, 9.17) is 0 Å². The van der Waals surface area contributed by atoms with Crippen LogP contribution in [0, 0.1) is 5.92 Å². The third-order valence-corrected chi connectivity index (χ3v) is 5.66. The van der Waals surface area contributed by atoms with Gasteiger partial charge < -0.3 is 20.4 Å². The van der Waals surface area contributed by atoms with Crippen LogP contribution < -0.4 is 10.6 Å². The Balaban J connectivity index is 0.00000312. The Labute approximate surface area is 172 Å². The Morgan fingerprint density at radius 3 is 2.20 bits per heavy atom. The van der Waals surface area contributed by atoms with Crippen molar-refractivity contribution in [3.63, 3.8) is 0 Å². The average Bonchev–Trinajstić information content (AvgIpc) is 2.59. The van der Waals surface area contributed by atoms with Crippen molar-refractivity contribution >= 4 is 29.9 Å². The summed E-state index contributed by atoms with van der Waals surface area (Å²) in [7, 11) is 1.89. The molecule has 2 aliphatic heterocycles. The van der Waals surface area contributed by atoms with E-state index in [1.165, 1.54) is 51.9 Å². The van der Waals surface area contributed by atoms with Gasteiger partial charge in [0.15, 0.2) is 5.96 Å². The molecule has 0 saturated carbocycles. The zero-order chi connectivity index (χ0) is 17.5. The first-order chi connectivity index (χ1) is 11.5. The fraction of sp³-hybridized carbons (Fsp3) is 0.947. The molecule has 0 aliphatic carbocycles. The van der Waals surface area contributed by atoms with Crippen LogP contribution in [0.3, 0.4) is 0 Å². The molecule has 0 aromatic rings. The van der Waals surface area contributed by atoms with Gasteiger partial charge in [-0.05, 0) is 65.8 Å². The van der Waals surface area contributed by atoms with Crippen molar-refractivity contribution in [2.75, 3.05) is 39.8 Å². The van der Waals surface area contributed by atoms with Gasteiger partial charge in [-0.2, -0.15) is 0 Å². The van der Waals surface area contributed by atoms with Crippen molar-refractivity contribution in [2.45, 2.75) is 71.5 Å². The molecule has 148 valence electrons. The van der Waals surface area contributed by atoms with Gasteiger partial charge in [0, 0.05) is 51.4 Å². The van der Waals surface area contributed by atoms with Crippen LogP contribution in [0.2, 0.25) is 0 Å². The van der Waals surface area contributed by atoms with Crippen LogP contribution in [0.1, 0.15) is 53.4 Å². The Morgan fingerprint density at radius 1 is 1.00 bits per heavy atom. The molecular formula is C19H40IN5. The molecule has 2 aliphatic rings. The van der Waals surface area contributed by atoms with Gasteiger partial charge in [0.2, 0.25) is 0 Å². The summed E-state index contributed by atoms with van der Waals surface area (Å²) in [6.07, 6.45) is 5.08. The number of piperidine rings is 2. The molecule has 2 N–H and O–H groups in total. The molecule has 0 amide bonds. The summed E-state index contributed by atoms with van der Waals surface area (Å²) in [5.41, 5.74) is 0. The highest BCUT2D eigenvalue weighted by atomic mass is 127.